The molecule has 28 heavy (non-hydrogen) atoms. The van der Waals surface area contributed by atoms with Crippen LogP contribution in [0.1, 0.15) is 63.8 Å². The van der Waals surface area contributed by atoms with E-state index in [9.17, 15) is 9.59 Å². The monoisotopic (exact) mass is 382 g/mol. The lowest BCUT2D eigenvalue weighted by Crippen LogP contribution is -2.50. The van der Waals surface area contributed by atoms with Crippen molar-refractivity contribution in [3.05, 3.63) is 70.8 Å². The first-order valence-corrected chi connectivity index (χ1v) is 9.74. The average Bonchev–Trinajstić information content (AvgIpc) is 2.66. The number of hydrogen-bond acceptors (Lipinski definition) is 4. The van der Waals surface area contributed by atoms with Gasteiger partial charge < -0.3 is 9.47 Å². The predicted molar refractivity (Wildman–Crippen MR) is 110 cm³/mol. The van der Waals surface area contributed by atoms with Gasteiger partial charge in [-0.1, -0.05) is 62.4 Å². The van der Waals surface area contributed by atoms with E-state index in [2.05, 4.69) is 13.8 Å². The smallest absolute Gasteiger partial charge is 0.303 e. The summed E-state index contributed by atoms with van der Waals surface area (Å²) in [6.45, 7) is 10.5. The highest BCUT2D eigenvalue weighted by Gasteiger charge is 2.53. The van der Waals surface area contributed by atoms with Gasteiger partial charge in [0.25, 0.3) is 0 Å². The van der Waals surface area contributed by atoms with Crippen molar-refractivity contribution in [3.63, 3.8) is 0 Å². The molecule has 2 rings (SSSR count). The SMILES string of the molecule is CCc1ccc(C(C)(OC(C)=O)C(C)(OC(C)=O)c2ccc(CC)cc2)cc1. The summed E-state index contributed by atoms with van der Waals surface area (Å²) in [6, 6.07) is 15.8. The maximum absolute atomic E-state index is 12.1. The molecular weight excluding hydrogens is 352 g/mol. The summed E-state index contributed by atoms with van der Waals surface area (Å²) in [5.74, 6) is -0.878. The topological polar surface area (TPSA) is 52.6 Å². The zero-order chi connectivity index (χ0) is 20.9. The maximum Gasteiger partial charge on any atom is 0.303 e. The third-order valence-electron chi connectivity index (χ3n) is 5.43. The molecule has 2 unspecified atom stereocenters. The highest BCUT2D eigenvalue weighted by atomic mass is 16.6. The molecule has 0 aliphatic rings. The lowest BCUT2D eigenvalue weighted by molar-refractivity contribution is -0.211. The Bertz CT molecular complexity index is 751. The van der Waals surface area contributed by atoms with Crippen molar-refractivity contribution in [2.75, 3.05) is 0 Å². The van der Waals surface area contributed by atoms with Gasteiger partial charge in [-0.3, -0.25) is 9.59 Å². The Kier molecular flexibility index (Phi) is 6.65. The Labute approximate surface area is 167 Å². The van der Waals surface area contributed by atoms with E-state index in [1.165, 1.54) is 25.0 Å². The summed E-state index contributed by atoms with van der Waals surface area (Å²) in [4.78, 5) is 24.1. The van der Waals surface area contributed by atoms with Crippen LogP contribution in [0.25, 0.3) is 0 Å². The fraction of sp³-hybridized carbons (Fsp3) is 0.417. The standard InChI is InChI=1S/C24H30O4/c1-7-19-9-13-21(14-10-19)23(5,27-17(3)25)24(6,28-18(4)26)22-15-11-20(8-2)12-16-22/h9-16H,7-8H2,1-6H3. The van der Waals surface area contributed by atoms with Gasteiger partial charge >= 0.3 is 11.9 Å². The normalized spacial score (nSPS) is 15.2. The summed E-state index contributed by atoms with van der Waals surface area (Å²) in [5, 5.41) is 0. The summed E-state index contributed by atoms with van der Waals surface area (Å²) in [5.41, 5.74) is 1.48. The number of aryl methyl sites for hydroxylation is 2. The predicted octanol–water partition coefficient (Wildman–Crippen LogP) is 5.07. The van der Waals surface area contributed by atoms with Gasteiger partial charge in [0.15, 0.2) is 11.2 Å². The minimum Gasteiger partial charge on any atom is -0.450 e. The van der Waals surface area contributed by atoms with Gasteiger partial charge in [0.2, 0.25) is 0 Å². The van der Waals surface area contributed by atoms with Gasteiger partial charge in [-0.2, -0.15) is 0 Å². The summed E-state index contributed by atoms with van der Waals surface area (Å²) < 4.78 is 11.7. The number of rotatable bonds is 7. The number of hydrogen-bond donors (Lipinski definition) is 0. The van der Waals surface area contributed by atoms with Gasteiger partial charge in [-0.25, -0.2) is 0 Å². The number of carbonyl (C=O) groups excluding carboxylic acids is 2. The second kappa shape index (κ2) is 8.59. The number of benzene rings is 2. The molecule has 2 atom stereocenters. The van der Waals surface area contributed by atoms with Crippen molar-refractivity contribution >= 4 is 11.9 Å². The summed E-state index contributed by atoms with van der Waals surface area (Å²) >= 11 is 0. The van der Waals surface area contributed by atoms with Crippen LogP contribution >= 0.6 is 0 Å². The largest absolute Gasteiger partial charge is 0.450 e. The van der Waals surface area contributed by atoms with Crippen LogP contribution in [0.2, 0.25) is 0 Å². The van der Waals surface area contributed by atoms with Crippen LogP contribution in [0.5, 0.6) is 0 Å². The van der Waals surface area contributed by atoms with Crippen LogP contribution in [0.15, 0.2) is 48.5 Å². The molecule has 0 bridgehead atoms. The van der Waals surface area contributed by atoms with E-state index in [1.54, 1.807) is 13.8 Å². The number of carbonyl (C=O) groups is 2. The molecule has 0 N–H and O–H groups in total. The zero-order valence-corrected chi connectivity index (χ0v) is 17.7. The Morgan fingerprint density at radius 3 is 1.18 bits per heavy atom. The molecule has 0 saturated heterocycles. The molecule has 4 heteroatoms. The Balaban J connectivity index is 2.69. The van der Waals surface area contributed by atoms with E-state index in [1.807, 2.05) is 48.5 Å². The lowest BCUT2D eigenvalue weighted by Gasteiger charge is -2.45. The van der Waals surface area contributed by atoms with Crippen LogP contribution in [0, 0.1) is 0 Å². The van der Waals surface area contributed by atoms with E-state index in [0.717, 1.165) is 24.0 Å². The molecule has 0 fully saturated rings. The molecule has 0 aliphatic carbocycles. The third kappa shape index (κ3) is 4.27. The molecule has 2 aromatic rings. The average molecular weight is 383 g/mol. The fourth-order valence-electron chi connectivity index (χ4n) is 3.56. The Morgan fingerprint density at radius 2 is 0.964 bits per heavy atom. The number of esters is 2. The first-order chi connectivity index (χ1) is 13.2. The maximum atomic E-state index is 12.1. The fourth-order valence-corrected chi connectivity index (χ4v) is 3.56. The molecule has 0 heterocycles. The van der Waals surface area contributed by atoms with E-state index in [4.69, 9.17) is 9.47 Å². The molecular formula is C24H30O4. The lowest BCUT2D eigenvalue weighted by atomic mass is 9.74. The molecule has 0 saturated carbocycles. The van der Waals surface area contributed by atoms with E-state index < -0.39 is 23.1 Å². The molecule has 0 aliphatic heterocycles. The van der Waals surface area contributed by atoms with Crippen LogP contribution in [-0.4, -0.2) is 11.9 Å². The minimum absolute atomic E-state index is 0.439. The Morgan fingerprint density at radius 1 is 0.679 bits per heavy atom. The molecule has 150 valence electrons. The van der Waals surface area contributed by atoms with Crippen molar-refractivity contribution in [1.82, 2.24) is 0 Å². The summed E-state index contributed by atoms with van der Waals surface area (Å²) in [7, 11) is 0. The van der Waals surface area contributed by atoms with Gasteiger partial charge in [0, 0.05) is 13.8 Å². The van der Waals surface area contributed by atoms with Crippen LogP contribution < -0.4 is 0 Å². The van der Waals surface area contributed by atoms with Gasteiger partial charge in [-0.05, 0) is 48.9 Å². The molecule has 0 radical (unpaired) electrons. The van der Waals surface area contributed by atoms with Crippen LogP contribution in [0.4, 0.5) is 0 Å². The molecule has 4 nitrogen and oxygen atoms in total. The van der Waals surface area contributed by atoms with Gasteiger partial charge in [-0.15, -0.1) is 0 Å². The van der Waals surface area contributed by atoms with Gasteiger partial charge in [0.1, 0.15) is 0 Å². The van der Waals surface area contributed by atoms with Crippen molar-refractivity contribution in [1.29, 1.82) is 0 Å². The Hall–Kier alpha value is -2.62. The quantitative estimate of drug-likeness (QED) is 0.628. The molecule has 0 aromatic heterocycles. The highest BCUT2D eigenvalue weighted by Crippen LogP contribution is 2.46. The van der Waals surface area contributed by atoms with Crippen molar-refractivity contribution in [2.24, 2.45) is 0 Å². The van der Waals surface area contributed by atoms with Crippen LogP contribution in [-0.2, 0) is 43.1 Å². The molecule has 0 spiro atoms. The van der Waals surface area contributed by atoms with E-state index in [-0.39, 0.29) is 0 Å². The molecule has 2 aromatic carbocycles. The second-order valence-electron chi connectivity index (χ2n) is 7.35. The van der Waals surface area contributed by atoms with Gasteiger partial charge in [0.05, 0.1) is 0 Å². The highest BCUT2D eigenvalue weighted by molar-refractivity contribution is 5.69. The zero-order valence-electron chi connectivity index (χ0n) is 17.7. The molecule has 0 amide bonds. The minimum atomic E-state index is -1.20. The van der Waals surface area contributed by atoms with Crippen molar-refractivity contribution in [2.45, 2.75) is 65.6 Å². The summed E-state index contributed by atoms with van der Waals surface area (Å²) in [6.07, 6.45) is 1.81. The third-order valence-corrected chi connectivity index (χ3v) is 5.43. The van der Waals surface area contributed by atoms with E-state index in [0.29, 0.717) is 0 Å². The van der Waals surface area contributed by atoms with Crippen molar-refractivity contribution < 1.29 is 19.1 Å². The van der Waals surface area contributed by atoms with Crippen molar-refractivity contribution in [3.8, 4) is 0 Å². The second-order valence-corrected chi connectivity index (χ2v) is 7.35. The number of ether oxygens (including phenoxy) is 2. The first kappa shape index (κ1) is 21.7. The first-order valence-electron chi connectivity index (χ1n) is 9.74. The van der Waals surface area contributed by atoms with Crippen LogP contribution in [0.3, 0.4) is 0 Å². The van der Waals surface area contributed by atoms with E-state index >= 15 is 0 Å².